The van der Waals surface area contributed by atoms with Gasteiger partial charge < -0.3 is 9.64 Å². The number of benzene rings is 1. The molecular formula is C26H25Cl2N5O2S. The third kappa shape index (κ3) is 6.11. The summed E-state index contributed by atoms with van der Waals surface area (Å²) in [7, 11) is 3.88. The first-order valence-electron chi connectivity index (χ1n) is 11.3. The lowest BCUT2D eigenvalue weighted by molar-refractivity contribution is 0.0769. The quantitative estimate of drug-likeness (QED) is 0.362. The minimum absolute atomic E-state index is 0.0198. The van der Waals surface area contributed by atoms with Crippen molar-refractivity contribution in [3.05, 3.63) is 81.6 Å². The lowest BCUT2D eigenvalue weighted by atomic mass is 9.86. The molecule has 0 saturated carbocycles. The number of hydrogen-bond donors (Lipinski definition) is 0. The van der Waals surface area contributed by atoms with Crippen LogP contribution in [0.4, 0.5) is 0 Å². The van der Waals surface area contributed by atoms with E-state index in [1.807, 2.05) is 54.5 Å². The van der Waals surface area contributed by atoms with Crippen molar-refractivity contribution in [3.63, 3.8) is 0 Å². The summed E-state index contributed by atoms with van der Waals surface area (Å²) in [5, 5.41) is 10.8. The van der Waals surface area contributed by atoms with Crippen molar-refractivity contribution in [2.75, 3.05) is 27.2 Å². The molecule has 0 N–H and O–H groups in total. The van der Waals surface area contributed by atoms with E-state index in [0.717, 1.165) is 10.6 Å². The number of aromatic nitrogens is 2. The molecule has 0 radical (unpaired) electrons. The molecular weight excluding hydrogens is 517 g/mol. The van der Waals surface area contributed by atoms with E-state index < -0.39 is 0 Å². The number of pyridine rings is 2. The number of likely N-dealkylation sites (tertiary alicyclic amines) is 1. The third-order valence-electron chi connectivity index (χ3n) is 6.06. The van der Waals surface area contributed by atoms with Crippen LogP contribution in [0.2, 0.25) is 10.0 Å². The molecule has 1 saturated heterocycles. The standard InChI is InChI=1S/C26H25Cl2N5O2S/c1-16(35-24-8-4-17(11-29)12-30-24)20-14-33(15-21(20)18-5-7-22(27)23(28)10-18)26(34)19-6-9-25(31-13-19)36-32(2)3/h4-10,12-13,16,20-21H,14-15H2,1-3H3/t16-,20?,21+/m0/s1. The average Bonchev–Trinajstić information content (AvgIpc) is 3.31. The number of amides is 1. The van der Waals surface area contributed by atoms with Crippen molar-refractivity contribution in [2.24, 2.45) is 5.92 Å². The SMILES string of the molecule is C[C@H](Oc1ccc(C#N)cn1)C1CN(C(=O)c2ccc(SN(C)C)nc2)C[C@@H]1c1ccc(Cl)c(Cl)c1. The fraction of sp³-hybridized carbons (Fsp3) is 0.308. The molecule has 4 rings (SSSR count). The molecule has 2 aromatic heterocycles. The molecule has 7 nitrogen and oxygen atoms in total. The van der Waals surface area contributed by atoms with Crippen molar-refractivity contribution in [3.8, 4) is 11.9 Å². The van der Waals surface area contributed by atoms with E-state index in [-0.39, 0.29) is 23.8 Å². The van der Waals surface area contributed by atoms with E-state index in [4.69, 9.17) is 33.2 Å². The van der Waals surface area contributed by atoms with Gasteiger partial charge >= 0.3 is 0 Å². The number of ether oxygens (including phenoxy) is 1. The van der Waals surface area contributed by atoms with Crippen LogP contribution in [-0.2, 0) is 0 Å². The molecule has 10 heteroatoms. The van der Waals surface area contributed by atoms with E-state index in [9.17, 15) is 4.79 Å². The number of halogens is 2. The second-order valence-electron chi connectivity index (χ2n) is 8.76. The Hall–Kier alpha value is -2.83. The molecule has 3 heterocycles. The zero-order valence-corrected chi connectivity index (χ0v) is 22.4. The van der Waals surface area contributed by atoms with Gasteiger partial charge in [0.2, 0.25) is 5.88 Å². The van der Waals surface area contributed by atoms with Gasteiger partial charge in [-0.1, -0.05) is 29.3 Å². The second kappa shape index (κ2) is 11.5. The largest absolute Gasteiger partial charge is 0.474 e. The van der Waals surface area contributed by atoms with Gasteiger partial charge in [0.05, 0.1) is 21.2 Å². The van der Waals surface area contributed by atoms with Gasteiger partial charge in [-0.15, -0.1) is 0 Å². The van der Waals surface area contributed by atoms with Crippen LogP contribution < -0.4 is 4.74 Å². The Morgan fingerprint density at radius 2 is 1.94 bits per heavy atom. The second-order valence-corrected chi connectivity index (χ2v) is 10.9. The molecule has 186 valence electrons. The fourth-order valence-electron chi connectivity index (χ4n) is 4.29. The molecule has 36 heavy (non-hydrogen) atoms. The topological polar surface area (TPSA) is 82.3 Å². The molecule has 1 aliphatic rings. The minimum Gasteiger partial charge on any atom is -0.474 e. The van der Waals surface area contributed by atoms with E-state index in [1.165, 1.54) is 18.1 Å². The summed E-state index contributed by atoms with van der Waals surface area (Å²) in [6, 6.07) is 14.6. The normalized spacial score (nSPS) is 18.2. The van der Waals surface area contributed by atoms with Gasteiger partial charge in [0.1, 0.15) is 17.2 Å². The van der Waals surface area contributed by atoms with Gasteiger partial charge in [0, 0.05) is 43.4 Å². The summed E-state index contributed by atoms with van der Waals surface area (Å²) >= 11 is 14.0. The van der Waals surface area contributed by atoms with E-state index in [1.54, 1.807) is 24.4 Å². The lowest BCUT2D eigenvalue weighted by Gasteiger charge is -2.25. The summed E-state index contributed by atoms with van der Waals surface area (Å²) in [6.07, 6.45) is 2.84. The number of rotatable bonds is 7. The maximum atomic E-state index is 13.4. The molecule has 1 unspecified atom stereocenters. The Bertz CT molecular complexity index is 1260. The van der Waals surface area contributed by atoms with E-state index in [0.29, 0.717) is 40.1 Å². The summed E-state index contributed by atoms with van der Waals surface area (Å²) in [4.78, 5) is 23.9. The Morgan fingerprint density at radius 3 is 2.56 bits per heavy atom. The Morgan fingerprint density at radius 1 is 1.14 bits per heavy atom. The highest BCUT2D eigenvalue weighted by Gasteiger charge is 2.40. The van der Waals surface area contributed by atoms with Crippen LogP contribution in [0.5, 0.6) is 5.88 Å². The number of carbonyl (C=O) groups is 1. The molecule has 3 atom stereocenters. The van der Waals surface area contributed by atoms with Gasteiger partial charge in [0.15, 0.2) is 0 Å². The van der Waals surface area contributed by atoms with E-state index in [2.05, 4.69) is 16.0 Å². The first kappa shape index (κ1) is 26.2. The van der Waals surface area contributed by atoms with Crippen LogP contribution in [0, 0.1) is 17.2 Å². The first-order chi connectivity index (χ1) is 17.2. The molecule has 0 aliphatic carbocycles. The van der Waals surface area contributed by atoms with Gasteiger partial charge in [-0.2, -0.15) is 5.26 Å². The zero-order valence-electron chi connectivity index (χ0n) is 20.1. The maximum absolute atomic E-state index is 13.4. The summed E-state index contributed by atoms with van der Waals surface area (Å²) in [6.45, 7) is 2.97. The average molecular weight is 542 g/mol. The van der Waals surface area contributed by atoms with Crippen LogP contribution in [0.1, 0.15) is 34.3 Å². The first-order valence-corrected chi connectivity index (χ1v) is 12.9. The maximum Gasteiger partial charge on any atom is 0.255 e. The third-order valence-corrected chi connectivity index (χ3v) is 7.59. The predicted molar refractivity (Wildman–Crippen MR) is 141 cm³/mol. The summed E-state index contributed by atoms with van der Waals surface area (Å²) in [5.41, 5.74) is 1.99. The van der Waals surface area contributed by atoms with Crippen molar-refractivity contribution in [2.45, 2.75) is 24.0 Å². The van der Waals surface area contributed by atoms with Crippen molar-refractivity contribution >= 4 is 41.1 Å². The minimum atomic E-state index is -0.264. The van der Waals surface area contributed by atoms with Gasteiger partial charge in [-0.3, -0.25) is 9.10 Å². The number of nitriles is 1. The molecule has 0 bridgehead atoms. The summed E-state index contributed by atoms with van der Waals surface area (Å²) < 4.78 is 8.10. The summed E-state index contributed by atoms with van der Waals surface area (Å²) in [5.74, 6) is 0.297. The van der Waals surface area contributed by atoms with Crippen molar-refractivity contribution in [1.29, 1.82) is 5.26 Å². The molecule has 1 amide bonds. The molecule has 1 fully saturated rings. The Balaban J connectivity index is 1.57. The number of hydrogen-bond acceptors (Lipinski definition) is 7. The molecule has 3 aromatic rings. The fourth-order valence-corrected chi connectivity index (χ4v) is 5.20. The van der Waals surface area contributed by atoms with Gasteiger partial charge in [0.25, 0.3) is 5.91 Å². The highest BCUT2D eigenvalue weighted by atomic mass is 35.5. The monoisotopic (exact) mass is 541 g/mol. The zero-order chi connectivity index (χ0) is 25.8. The Labute approximate surface area is 225 Å². The highest BCUT2D eigenvalue weighted by Crippen LogP contribution is 2.38. The molecule has 1 aliphatic heterocycles. The van der Waals surface area contributed by atoms with Crippen molar-refractivity contribution in [1.82, 2.24) is 19.2 Å². The molecule has 1 aromatic carbocycles. The van der Waals surface area contributed by atoms with E-state index >= 15 is 0 Å². The lowest BCUT2D eigenvalue weighted by Crippen LogP contribution is -2.32. The van der Waals surface area contributed by atoms with Crippen molar-refractivity contribution < 1.29 is 9.53 Å². The van der Waals surface area contributed by atoms with Gasteiger partial charge in [-0.05, 0) is 68.9 Å². The highest BCUT2D eigenvalue weighted by molar-refractivity contribution is 7.96. The Kier molecular flexibility index (Phi) is 8.37. The van der Waals surface area contributed by atoms with Crippen LogP contribution in [-0.4, -0.2) is 58.4 Å². The number of carbonyl (C=O) groups excluding carboxylic acids is 1. The smallest absolute Gasteiger partial charge is 0.255 e. The van der Waals surface area contributed by atoms with Gasteiger partial charge in [-0.25, -0.2) is 9.97 Å². The predicted octanol–water partition coefficient (Wildman–Crippen LogP) is 5.55. The van der Waals surface area contributed by atoms with Crippen LogP contribution >= 0.6 is 35.1 Å². The van der Waals surface area contributed by atoms with Crippen LogP contribution in [0.3, 0.4) is 0 Å². The van der Waals surface area contributed by atoms with Crippen LogP contribution in [0.15, 0.2) is 59.9 Å². The van der Waals surface area contributed by atoms with Crippen LogP contribution in [0.25, 0.3) is 0 Å². The number of nitrogens with zero attached hydrogens (tertiary/aromatic N) is 5. The molecule has 0 spiro atoms.